The molecule has 3 aromatic rings. The second kappa shape index (κ2) is 10.7. The minimum Gasteiger partial charge on any atom is -0.458 e. The minimum absolute atomic E-state index is 0.0132. The molecule has 4 aliphatic rings. The molecule has 0 unspecified atom stereocenters. The summed E-state index contributed by atoms with van der Waals surface area (Å²) in [4.78, 5) is 56.8. The van der Waals surface area contributed by atoms with E-state index in [2.05, 4.69) is 10.6 Å². The van der Waals surface area contributed by atoms with Gasteiger partial charge in [-0.3, -0.25) is 14.4 Å². The van der Waals surface area contributed by atoms with Gasteiger partial charge in [0.25, 0.3) is 5.56 Å². The highest BCUT2D eigenvalue weighted by Crippen LogP contribution is 2.46. The molecule has 45 heavy (non-hydrogen) atoms. The van der Waals surface area contributed by atoms with Gasteiger partial charge in [0.15, 0.2) is 5.60 Å². The number of benzene rings is 1. The van der Waals surface area contributed by atoms with Crippen molar-refractivity contribution in [2.45, 2.75) is 90.2 Å². The number of aryl methyl sites for hydroxylation is 1. The number of ether oxygens (including phenoxy) is 2. The van der Waals surface area contributed by atoms with Gasteiger partial charge < -0.3 is 29.8 Å². The summed E-state index contributed by atoms with van der Waals surface area (Å²) >= 11 is 0. The lowest BCUT2D eigenvalue weighted by Crippen LogP contribution is -2.44. The number of hydrogen-bond donors (Lipinski definition) is 3. The standard InChI is InChI=1S/C33H35FN4O7/c1-4-25(39)35-14-45-29(16-6-7-16)30(40)37-22-9-8-17-15(3)21(34)11-23-26(17)27(22)18-12-38-24(28(18)36-23)10-20-19(31(38)41)13-44-32(42)33(20,43)5-2/h10-11,16,22,29,43H,4-9,12-14H2,1-3H3,(H,35,39)(H,37,40)/t22-,29+,33-/m0/s1. The van der Waals surface area contributed by atoms with Crippen LogP contribution in [0.25, 0.3) is 22.3 Å². The third-order valence-electron chi connectivity index (χ3n) is 9.86. The fourth-order valence-electron chi connectivity index (χ4n) is 7.11. The number of amides is 2. The third-order valence-corrected chi connectivity index (χ3v) is 9.86. The lowest BCUT2D eigenvalue weighted by atomic mass is 9.81. The van der Waals surface area contributed by atoms with Crippen LogP contribution >= 0.6 is 0 Å². The molecule has 3 atom stereocenters. The van der Waals surface area contributed by atoms with Crippen LogP contribution < -0.4 is 16.2 Å². The number of carbonyl (C=O) groups excluding carboxylic acids is 3. The van der Waals surface area contributed by atoms with Gasteiger partial charge in [-0.05, 0) is 67.7 Å². The molecule has 2 amide bonds. The number of aliphatic hydroxyl groups is 1. The number of fused-ring (bicyclic) bond motifs is 5. The van der Waals surface area contributed by atoms with Crippen molar-refractivity contribution in [3.63, 3.8) is 0 Å². The van der Waals surface area contributed by atoms with Crippen molar-refractivity contribution in [1.82, 2.24) is 20.2 Å². The summed E-state index contributed by atoms with van der Waals surface area (Å²) in [5.74, 6) is -1.61. The van der Waals surface area contributed by atoms with Gasteiger partial charge in [0.2, 0.25) is 11.8 Å². The Hall–Kier alpha value is -4.16. The molecular weight excluding hydrogens is 583 g/mol. The molecule has 236 valence electrons. The molecule has 12 heteroatoms. The van der Waals surface area contributed by atoms with Crippen molar-refractivity contribution in [2.75, 3.05) is 6.73 Å². The first-order valence-electron chi connectivity index (χ1n) is 15.6. The number of nitrogens with zero attached hydrogens (tertiary/aromatic N) is 2. The van der Waals surface area contributed by atoms with Crippen LogP contribution in [-0.4, -0.2) is 45.3 Å². The van der Waals surface area contributed by atoms with E-state index < -0.39 is 35.1 Å². The summed E-state index contributed by atoms with van der Waals surface area (Å²) in [7, 11) is 0. The Morgan fingerprint density at radius 2 is 1.98 bits per heavy atom. The largest absolute Gasteiger partial charge is 0.458 e. The fraction of sp³-hybridized carbons (Fsp3) is 0.485. The SMILES string of the molecule is CCC(=O)NCO[C@@H](C(=O)N[C@H]1CCc2c(C)c(F)cc3nc4c(c1c23)Cn1c-4cc2c(c1=O)COC(=O)[C@]2(O)CC)C1CC1. The number of esters is 1. The number of pyridine rings is 2. The molecule has 0 saturated heterocycles. The molecule has 0 spiro atoms. The number of rotatable bonds is 8. The summed E-state index contributed by atoms with van der Waals surface area (Å²) in [6, 6.07) is 2.54. The van der Waals surface area contributed by atoms with E-state index >= 15 is 4.39 Å². The van der Waals surface area contributed by atoms with Crippen LogP contribution in [0, 0.1) is 18.7 Å². The van der Waals surface area contributed by atoms with Crippen LogP contribution in [0.3, 0.4) is 0 Å². The number of nitrogens with one attached hydrogen (secondary N) is 2. The highest BCUT2D eigenvalue weighted by Gasteiger charge is 2.46. The monoisotopic (exact) mass is 618 g/mol. The van der Waals surface area contributed by atoms with Crippen molar-refractivity contribution < 1.29 is 33.4 Å². The van der Waals surface area contributed by atoms with Crippen LogP contribution in [0.5, 0.6) is 0 Å². The molecule has 7 rings (SSSR count). The number of halogens is 1. The second-order valence-electron chi connectivity index (χ2n) is 12.4. The maximum Gasteiger partial charge on any atom is 0.343 e. The zero-order valence-electron chi connectivity index (χ0n) is 25.4. The Kier molecular flexibility index (Phi) is 7.05. The smallest absolute Gasteiger partial charge is 0.343 e. The van der Waals surface area contributed by atoms with Crippen LogP contribution in [-0.2, 0) is 49.0 Å². The van der Waals surface area contributed by atoms with E-state index in [9.17, 15) is 24.3 Å². The van der Waals surface area contributed by atoms with E-state index in [1.54, 1.807) is 31.4 Å². The van der Waals surface area contributed by atoms with E-state index in [-0.39, 0.29) is 55.2 Å². The molecule has 2 aromatic heterocycles. The van der Waals surface area contributed by atoms with Crippen LogP contribution in [0.4, 0.5) is 4.39 Å². The van der Waals surface area contributed by atoms with Gasteiger partial charge in [0, 0.05) is 29.0 Å². The predicted molar refractivity (Wildman–Crippen MR) is 159 cm³/mol. The molecule has 3 N–H and O–H groups in total. The quantitative estimate of drug-likeness (QED) is 0.202. The van der Waals surface area contributed by atoms with Crippen molar-refractivity contribution in [3.8, 4) is 11.4 Å². The van der Waals surface area contributed by atoms with Crippen LogP contribution in [0.2, 0.25) is 0 Å². The first kappa shape index (κ1) is 29.5. The highest BCUT2D eigenvalue weighted by molar-refractivity contribution is 5.94. The van der Waals surface area contributed by atoms with Crippen molar-refractivity contribution >= 4 is 28.7 Å². The van der Waals surface area contributed by atoms with E-state index in [0.717, 1.165) is 34.9 Å². The average Bonchev–Trinajstić information content (AvgIpc) is 3.80. The van der Waals surface area contributed by atoms with E-state index in [4.69, 9.17) is 14.5 Å². The van der Waals surface area contributed by atoms with Gasteiger partial charge in [-0.25, -0.2) is 14.2 Å². The molecule has 2 aliphatic heterocycles. The Balaban J connectivity index is 1.34. The predicted octanol–water partition coefficient (Wildman–Crippen LogP) is 2.91. The summed E-state index contributed by atoms with van der Waals surface area (Å²) in [6.07, 6.45) is 2.30. The molecule has 0 bridgehead atoms. The average molecular weight is 619 g/mol. The fourth-order valence-corrected chi connectivity index (χ4v) is 7.11. The number of carbonyl (C=O) groups is 3. The molecule has 2 aliphatic carbocycles. The normalized spacial score (nSPS) is 21.9. The van der Waals surface area contributed by atoms with Crippen molar-refractivity contribution in [2.24, 2.45) is 5.92 Å². The van der Waals surface area contributed by atoms with Crippen molar-refractivity contribution in [3.05, 3.63) is 61.7 Å². The third kappa shape index (κ3) is 4.56. The van der Waals surface area contributed by atoms with Gasteiger partial charge in [-0.1, -0.05) is 13.8 Å². The molecule has 1 fully saturated rings. The number of hydrogen-bond acceptors (Lipinski definition) is 8. The molecule has 11 nitrogen and oxygen atoms in total. The Morgan fingerprint density at radius 3 is 2.69 bits per heavy atom. The van der Waals surface area contributed by atoms with Gasteiger partial charge in [-0.2, -0.15) is 0 Å². The second-order valence-corrected chi connectivity index (χ2v) is 12.4. The van der Waals surface area contributed by atoms with E-state index in [1.807, 2.05) is 0 Å². The summed E-state index contributed by atoms with van der Waals surface area (Å²) in [5.41, 5.74) is 2.15. The summed E-state index contributed by atoms with van der Waals surface area (Å²) < 4.78 is 27.8. The number of aromatic nitrogens is 2. The van der Waals surface area contributed by atoms with Crippen LogP contribution in [0.1, 0.15) is 85.4 Å². The van der Waals surface area contributed by atoms with Crippen LogP contribution in [0.15, 0.2) is 16.9 Å². The zero-order valence-corrected chi connectivity index (χ0v) is 25.4. The van der Waals surface area contributed by atoms with Gasteiger partial charge in [0.1, 0.15) is 25.3 Å². The summed E-state index contributed by atoms with van der Waals surface area (Å²) in [6.45, 7) is 4.95. The topological polar surface area (TPSA) is 149 Å². The van der Waals surface area contributed by atoms with Crippen molar-refractivity contribution in [1.29, 1.82) is 0 Å². The maximum absolute atomic E-state index is 15.2. The Bertz CT molecular complexity index is 1870. The molecule has 0 radical (unpaired) electrons. The Morgan fingerprint density at radius 1 is 1.20 bits per heavy atom. The molecule has 1 saturated carbocycles. The number of cyclic esters (lactones) is 1. The minimum atomic E-state index is -1.97. The zero-order chi connectivity index (χ0) is 31.8. The lowest BCUT2D eigenvalue weighted by molar-refractivity contribution is -0.172. The summed E-state index contributed by atoms with van der Waals surface area (Å²) in [5, 5.41) is 17.9. The van der Waals surface area contributed by atoms with Gasteiger partial charge in [-0.15, -0.1) is 0 Å². The molecule has 4 heterocycles. The molecular formula is C33H35FN4O7. The first-order chi connectivity index (χ1) is 21.6. The van der Waals surface area contributed by atoms with Gasteiger partial charge >= 0.3 is 5.97 Å². The Labute approximate surface area is 258 Å². The first-order valence-corrected chi connectivity index (χ1v) is 15.6. The lowest BCUT2D eigenvalue weighted by Gasteiger charge is -2.31. The van der Waals surface area contributed by atoms with E-state index in [0.29, 0.717) is 41.7 Å². The maximum atomic E-state index is 15.2. The van der Waals surface area contributed by atoms with Gasteiger partial charge in [0.05, 0.1) is 35.1 Å². The highest BCUT2D eigenvalue weighted by atomic mass is 19.1. The van der Waals surface area contributed by atoms with E-state index in [1.165, 1.54) is 6.07 Å². The molecule has 1 aromatic carbocycles.